The average Bonchev–Trinajstić information content (AvgIpc) is 3.28. The van der Waals surface area contributed by atoms with Gasteiger partial charge in [-0.15, -0.1) is 0 Å². The lowest BCUT2D eigenvalue weighted by atomic mass is 9.96. The van der Waals surface area contributed by atoms with Gasteiger partial charge in [0.05, 0.1) is 23.8 Å². The molecule has 4 rings (SSSR count). The zero-order valence-electron chi connectivity index (χ0n) is 15.0. The Morgan fingerprint density at radius 3 is 2.81 bits per heavy atom. The van der Waals surface area contributed by atoms with Gasteiger partial charge in [-0.3, -0.25) is 5.32 Å². The number of nitrogens with zero attached hydrogens (tertiary/aromatic N) is 4. The fraction of sp³-hybridized carbons (Fsp3) is 0.647. The largest absolute Gasteiger partial charge is 0.375 e. The number of likely N-dealkylation sites (tertiary alicyclic amines) is 1. The van der Waals surface area contributed by atoms with Crippen molar-refractivity contribution >= 4 is 22.5 Å². The van der Waals surface area contributed by atoms with Gasteiger partial charge >= 0.3 is 6.03 Å². The minimum Gasteiger partial charge on any atom is -0.375 e. The number of thiazole rings is 1. The van der Waals surface area contributed by atoms with E-state index < -0.39 is 0 Å². The number of rotatable bonds is 3. The average molecular weight is 377 g/mol. The minimum atomic E-state index is -0.0913. The highest BCUT2D eigenvalue weighted by Crippen LogP contribution is 2.29. The molecule has 0 aliphatic carbocycles. The Morgan fingerprint density at radius 1 is 1.31 bits per heavy atom. The molecule has 2 aromatic rings. The molecule has 0 aromatic carbocycles. The van der Waals surface area contributed by atoms with Crippen molar-refractivity contribution in [1.29, 1.82) is 0 Å². The fourth-order valence-corrected chi connectivity index (χ4v) is 4.17. The first-order chi connectivity index (χ1) is 12.6. The van der Waals surface area contributed by atoms with Crippen molar-refractivity contribution < 1.29 is 14.1 Å². The number of hydrogen-bond acceptors (Lipinski definition) is 7. The molecule has 0 bridgehead atoms. The molecule has 2 aromatic heterocycles. The SMILES string of the molecule is CC(C)c1nc(C2CCN(C(=O)Nc3nc4c(s3)COCC4)CC2)no1. The van der Waals surface area contributed by atoms with Crippen LogP contribution in [-0.4, -0.2) is 45.8 Å². The Morgan fingerprint density at radius 2 is 2.12 bits per heavy atom. The van der Waals surface area contributed by atoms with E-state index in [1.807, 2.05) is 18.7 Å². The van der Waals surface area contributed by atoms with Crippen molar-refractivity contribution in [3.05, 3.63) is 22.3 Å². The first-order valence-corrected chi connectivity index (χ1v) is 9.87. The maximum atomic E-state index is 12.5. The van der Waals surface area contributed by atoms with E-state index in [0.717, 1.165) is 35.7 Å². The highest BCUT2D eigenvalue weighted by molar-refractivity contribution is 7.15. The summed E-state index contributed by atoms with van der Waals surface area (Å²) in [5.74, 6) is 1.93. The smallest absolute Gasteiger partial charge is 0.323 e. The normalized spacial score (nSPS) is 18.2. The zero-order valence-corrected chi connectivity index (χ0v) is 15.8. The van der Waals surface area contributed by atoms with Crippen LogP contribution in [0.2, 0.25) is 0 Å². The lowest BCUT2D eigenvalue weighted by Gasteiger charge is -2.30. The predicted octanol–water partition coefficient (Wildman–Crippen LogP) is 3.13. The summed E-state index contributed by atoms with van der Waals surface area (Å²) < 4.78 is 10.7. The number of piperidine rings is 1. The van der Waals surface area contributed by atoms with Crippen molar-refractivity contribution in [1.82, 2.24) is 20.0 Å². The van der Waals surface area contributed by atoms with Gasteiger partial charge in [0.2, 0.25) is 5.89 Å². The third kappa shape index (κ3) is 3.59. The minimum absolute atomic E-state index is 0.0913. The monoisotopic (exact) mass is 377 g/mol. The number of urea groups is 1. The molecule has 0 atom stereocenters. The molecule has 4 heterocycles. The zero-order chi connectivity index (χ0) is 18.1. The molecule has 8 nitrogen and oxygen atoms in total. The molecule has 2 amide bonds. The first kappa shape index (κ1) is 17.4. The number of anilines is 1. The van der Waals surface area contributed by atoms with Crippen LogP contribution in [0, 0.1) is 0 Å². The number of aromatic nitrogens is 3. The van der Waals surface area contributed by atoms with E-state index in [4.69, 9.17) is 9.26 Å². The van der Waals surface area contributed by atoms with Crippen LogP contribution in [0.25, 0.3) is 0 Å². The summed E-state index contributed by atoms with van der Waals surface area (Å²) in [4.78, 5) is 24.5. The van der Waals surface area contributed by atoms with Gasteiger partial charge < -0.3 is 14.2 Å². The van der Waals surface area contributed by atoms with Crippen LogP contribution in [0.15, 0.2) is 4.52 Å². The van der Waals surface area contributed by atoms with E-state index in [9.17, 15) is 4.79 Å². The summed E-state index contributed by atoms with van der Waals surface area (Å²) >= 11 is 1.50. The standard InChI is InChI=1S/C17H23N5O3S/c1-10(2)15-19-14(21-25-15)11-3-6-22(7-4-11)17(23)20-16-18-12-5-8-24-9-13(12)26-16/h10-11H,3-9H2,1-2H3,(H,18,20,23). The van der Waals surface area contributed by atoms with Gasteiger partial charge in [0.1, 0.15) is 0 Å². The van der Waals surface area contributed by atoms with Gasteiger partial charge in [-0.2, -0.15) is 4.98 Å². The van der Waals surface area contributed by atoms with Crippen molar-refractivity contribution in [2.45, 2.75) is 51.6 Å². The fourth-order valence-electron chi connectivity index (χ4n) is 3.24. The molecule has 9 heteroatoms. The molecule has 1 saturated heterocycles. The molecule has 26 heavy (non-hydrogen) atoms. The second kappa shape index (κ2) is 7.32. The van der Waals surface area contributed by atoms with Crippen LogP contribution in [0.1, 0.15) is 60.8 Å². The maximum Gasteiger partial charge on any atom is 0.323 e. The lowest BCUT2D eigenvalue weighted by Crippen LogP contribution is -2.40. The summed E-state index contributed by atoms with van der Waals surface area (Å²) in [6, 6.07) is -0.0913. The molecule has 1 fully saturated rings. The number of fused-ring (bicyclic) bond motifs is 1. The van der Waals surface area contributed by atoms with Gasteiger partial charge in [0.25, 0.3) is 0 Å². The highest BCUT2D eigenvalue weighted by atomic mass is 32.1. The summed E-state index contributed by atoms with van der Waals surface area (Å²) in [5, 5.41) is 7.70. The molecular formula is C17H23N5O3S. The van der Waals surface area contributed by atoms with E-state index in [2.05, 4.69) is 20.4 Å². The summed E-state index contributed by atoms with van der Waals surface area (Å²) in [7, 11) is 0. The van der Waals surface area contributed by atoms with Gasteiger partial charge in [-0.25, -0.2) is 9.78 Å². The maximum absolute atomic E-state index is 12.5. The van der Waals surface area contributed by atoms with E-state index in [1.54, 1.807) is 0 Å². The topological polar surface area (TPSA) is 93.4 Å². The van der Waals surface area contributed by atoms with Gasteiger partial charge in [0.15, 0.2) is 11.0 Å². The van der Waals surface area contributed by atoms with Crippen LogP contribution >= 0.6 is 11.3 Å². The molecule has 1 N–H and O–H groups in total. The van der Waals surface area contributed by atoms with E-state index in [-0.39, 0.29) is 17.9 Å². The Hall–Kier alpha value is -2.00. The molecule has 0 unspecified atom stereocenters. The van der Waals surface area contributed by atoms with Crippen LogP contribution in [-0.2, 0) is 17.8 Å². The number of nitrogens with one attached hydrogen (secondary N) is 1. The second-order valence-electron chi connectivity index (χ2n) is 7.03. The predicted molar refractivity (Wildman–Crippen MR) is 96.4 cm³/mol. The number of hydrogen-bond donors (Lipinski definition) is 1. The molecule has 2 aliphatic rings. The molecule has 2 aliphatic heterocycles. The third-order valence-electron chi connectivity index (χ3n) is 4.81. The van der Waals surface area contributed by atoms with Gasteiger partial charge in [-0.05, 0) is 12.8 Å². The van der Waals surface area contributed by atoms with Crippen LogP contribution in [0.5, 0.6) is 0 Å². The number of amides is 2. The van der Waals surface area contributed by atoms with Crippen molar-refractivity contribution in [2.24, 2.45) is 0 Å². The Labute approximate surface area is 155 Å². The molecular weight excluding hydrogens is 354 g/mol. The highest BCUT2D eigenvalue weighted by Gasteiger charge is 2.28. The lowest BCUT2D eigenvalue weighted by molar-refractivity contribution is 0.112. The summed E-state index contributed by atoms with van der Waals surface area (Å²) in [6.45, 7) is 6.72. The third-order valence-corrected chi connectivity index (χ3v) is 5.79. The van der Waals surface area contributed by atoms with Crippen LogP contribution < -0.4 is 5.32 Å². The van der Waals surface area contributed by atoms with E-state index in [1.165, 1.54) is 11.3 Å². The summed E-state index contributed by atoms with van der Waals surface area (Å²) in [6.07, 6.45) is 2.50. The molecule has 0 radical (unpaired) electrons. The van der Waals surface area contributed by atoms with Crippen molar-refractivity contribution in [3.8, 4) is 0 Å². The quantitative estimate of drug-likeness (QED) is 0.883. The van der Waals surface area contributed by atoms with Crippen molar-refractivity contribution in [3.63, 3.8) is 0 Å². The second-order valence-corrected chi connectivity index (χ2v) is 8.11. The van der Waals surface area contributed by atoms with Crippen molar-refractivity contribution in [2.75, 3.05) is 25.0 Å². The van der Waals surface area contributed by atoms with Gasteiger partial charge in [0, 0.05) is 31.3 Å². The molecule has 0 saturated carbocycles. The Kier molecular flexibility index (Phi) is 4.90. The number of ether oxygens (including phenoxy) is 1. The van der Waals surface area contributed by atoms with Gasteiger partial charge in [-0.1, -0.05) is 30.3 Å². The Balaban J connectivity index is 1.32. The molecule has 0 spiro atoms. The van der Waals surface area contributed by atoms with Crippen LogP contribution in [0.4, 0.5) is 9.93 Å². The Bertz CT molecular complexity index is 756. The number of carbonyl (C=O) groups excluding carboxylic acids is 1. The summed E-state index contributed by atoms with van der Waals surface area (Å²) in [5.41, 5.74) is 1.05. The van der Waals surface area contributed by atoms with E-state index >= 15 is 0 Å². The number of carbonyl (C=O) groups is 1. The van der Waals surface area contributed by atoms with Crippen LogP contribution in [0.3, 0.4) is 0 Å². The van der Waals surface area contributed by atoms with E-state index in [0.29, 0.717) is 37.3 Å². The molecule has 140 valence electrons. The first-order valence-electron chi connectivity index (χ1n) is 9.06.